The van der Waals surface area contributed by atoms with Crippen molar-refractivity contribution >= 4 is 60.8 Å². The second kappa shape index (κ2) is 14.8. The maximum absolute atomic E-state index is 6.85. The maximum Gasteiger partial charge on any atom is 0.143 e. The lowest BCUT2D eigenvalue weighted by molar-refractivity contribution is 0.661. The first kappa shape index (κ1) is 38.1. The van der Waals surface area contributed by atoms with Crippen molar-refractivity contribution in [2.24, 2.45) is 0 Å². The van der Waals surface area contributed by atoms with Crippen LogP contribution in [0.15, 0.2) is 235 Å². The summed E-state index contributed by atoms with van der Waals surface area (Å²) in [6, 6.07) is 83.6. The molecule has 0 aliphatic heterocycles. The van der Waals surface area contributed by atoms with E-state index in [9.17, 15) is 0 Å². The zero-order valence-corrected chi connectivity index (χ0v) is 36.7. The second-order valence-corrected chi connectivity index (χ2v) is 18.0. The molecule has 0 fully saturated rings. The van der Waals surface area contributed by atoms with Gasteiger partial charge in [0.2, 0.25) is 0 Å². The molecule has 10 aromatic carbocycles. The number of hydrogen-bond acceptors (Lipinski definition) is 2. The van der Waals surface area contributed by atoms with Gasteiger partial charge in [-0.1, -0.05) is 190 Å². The molecule has 2 aromatic heterocycles. The average molecular weight is 845 g/mol. The molecule has 0 bridgehead atoms. The Morgan fingerprint density at radius 1 is 0.379 bits per heavy atom. The highest BCUT2D eigenvalue weighted by Gasteiger charge is 2.38. The monoisotopic (exact) mass is 844 g/mol. The lowest BCUT2D eigenvalue weighted by Crippen LogP contribution is -2.20. The van der Waals surface area contributed by atoms with Gasteiger partial charge in [0.05, 0.1) is 16.7 Å². The van der Waals surface area contributed by atoms with Gasteiger partial charge in [-0.05, 0) is 99.1 Å². The summed E-state index contributed by atoms with van der Waals surface area (Å²) >= 11 is 0. The first-order chi connectivity index (χ1) is 32.5. The first-order valence-corrected chi connectivity index (χ1v) is 22.8. The van der Waals surface area contributed by atoms with Crippen molar-refractivity contribution in [3.8, 4) is 50.2 Å². The minimum Gasteiger partial charge on any atom is -0.455 e. The van der Waals surface area contributed by atoms with Gasteiger partial charge in [-0.3, -0.25) is 0 Å². The number of anilines is 3. The van der Waals surface area contributed by atoms with Crippen molar-refractivity contribution < 1.29 is 4.42 Å². The molecule has 3 heteroatoms. The van der Waals surface area contributed by atoms with Gasteiger partial charge < -0.3 is 13.9 Å². The molecule has 0 atom stereocenters. The van der Waals surface area contributed by atoms with E-state index in [-0.39, 0.29) is 5.41 Å². The molecule has 0 unspecified atom stereocenters. The highest BCUT2D eigenvalue weighted by Crippen LogP contribution is 2.54. The Bertz CT molecular complexity index is 3820. The summed E-state index contributed by atoms with van der Waals surface area (Å²) in [5.41, 5.74) is 20.6. The predicted octanol–water partition coefficient (Wildman–Crippen LogP) is 17.5. The van der Waals surface area contributed by atoms with E-state index in [1.165, 1.54) is 60.9 Å². The van der Waals surface area contributed by atoms with Gasteiger partial charge in [0.25, 0.3) is 0 Å². The number of rotatable bonds is 7. The zero-order chi connectivity index (χ0) is 43.9. The third-order valence-corrected chi connectivity index (χ3v) is 14.0. The van der Waals surface area contributed by atoms with E-state index >= 15 is 0 Å². The van der Waals surface area contributed by atoms with Crippen LogP contribution in [0.1, 0.15) is 25.0 Å². The first-order valence-electron chi connectivity index (χ1n) is 22.8. The molecule has 66 heavy (non-hydrogen) atoms. The van der Waals surface area contributed by atoms with E-state index < -0.39 is 0 Å². The molecule has 1 aliphatic carbocycles. The molecule has 0 saturated carbocycles. The third-order valence-electron chi connectivity index (χ3n) is 14.0. The van der Waals surface area contributed by atoms with Crippen LogP contribution >= 0.6 is 0 Å². The largest absolute Gasteiger partial charge is 0.455 e. The second-order valence-electron chi connectivity index (χ2n) is 18.0. The van der Waals surface area contributed by atoms with E-state index in [0.29, 0.717) is 0 Å². The molecular formula is C63H44N2O. The van der Waals surface area contributed by atoms with Gasteiger partial charge in [0.1, 0.15) is 11.2 Å². The van der Waals surface area contributed by atoms with Gasteiger partial charge in [0, 0.05) is 55.1 Å². The SMILES string of the molecule is CC1(C)c2ccccc2-c2cccc(N(c3ccc(-c4cccc5c4oc4c(-c6ccccc6)cccc45)cc3)c3ccc(-c4cccc5c4c4ccccc4n5-c4ccccc4)cc3)c21. The summed E-state index contributed by atoms with van der Waals surface area (Å²) < 4.78 is 9.24. The Kier molecular flexibility index (Phi) is 8.56. The van der Waals surface area contributed by atoms with Crippen LogP contribution in [0.3, 0.4) is 0 Å². The van der Waals surface area contributed by atoms with Crippen molar-refractivity contribution in [3.63, 3.8) is 0 Å². The molecule has 0 radical (unpaired) electrons. The van der Waals surface area contributed by atoms with Gasteiger partial charge in [-0.2, -0.15) is 0 Å². The molecular weight excluding hydrogens is 801 g/mol. The average Bonchev–Trinajstić information content (AvgIpc) is 4.01. The smallest absolute Gasteiger partial charge is 0.143 e. The Hall–Kier alpha value is -8.40. The summed E-state index contributed by atoms with van der Waals surface area (Å²) in [5, 5.41) is 4.75. The van der Waals surface area contributed by atoms with E-state index in [4.69, 9.17) is 4.42 Å². The van der Waals surface area contributed by atoms with Gasteiger partial charge >= 0.3 is 0 Å². The number of hydrogen-bond donors (Lipinski definition) is 0. The van der Waals surface area contributed by atoms with Crippen molar-refractivity contribution in [3.05, 3.63) is 242 Å². The van der Waals surface area contributed by atoms with Crippen molar-refractivity contribution in [1.29, 1.82) is 0 Å². The Balaban J connectivity index is 0.954. The minimum absolute atomic E-state index is 0.210. The fourth-order valence-corrected chi connectivity index (χ4v) is 11.0. The molecule has 1 aliphatic rings. The Morgan fingerprint density at radius 2 is 0.864 bits per heavy atom. The fraction of sp³-hybridized carbons (Fsp3) is 0.0476. The number of para-hydroxylation sites is 4. The van der Waals surface area contributed by atoms with Crippen LogP contribution < -0.4 is 4.90 Å². The number of fused-ring (bicyclic) bond motifs is 9. The highest BCUT2D eigenvalue weighted by molar-refractivity contribution is 6.16. The highest BCUT2D eigenvalue weighted by atomic mass is 16.3. The Morgan fingerprint density at radius 3 is 1.56 bits per heavy atom. The molecule has 0 spiro atoms. The van der Waals surface area contributed by atoms with Crippen LogP contribution in [0.5, 0.6) is 0 Å². The molecule has 0 saturated heterocycles. The number of benzene rings is 10. The molecule has 2 heterocycles. The van der Waals surface area contributed by atoms with Gasteiger partial charge in [0.15, 0.2) is 0 Å². The van der Waals surface area contributed by atoms with Crippen LogP contribution in [-0.2, 0) is 5.41 Å². The topological polar surface area (TPSA) is 21.3 Å². The summed E-state index contributed by atoms with van der Waals surface area (Å²) in [7, 11) is 0. The van der Waals surface area contributed by atoms with Crippen molar-refractivity contribution in [1.82, 2.24) is 4.57 Å². The predicted molar refractivity (Wildman–Crippen MR) is 277 cm³/mol. The van der Waals surface area contributed by atoms with Crippen LogP contribution in [0.25, 0.3) is 93.9 Å². The zero-order valence-electron chi connectivity index (χ0n) is 36.7. The van der Waals surface area contributed by atoms with E-state index in [0.717, 1.165) is 61.3 Å². The quantitative estimate of drug-likeness (QED) is 0.159. The van der Waals surface area contributed by atoms with Crippen LogP contribution in [0.2, 0.25) is 0 Å². The summed E-state index contributed by atoms with van der Waals surface area (Å²) in [4.78, 5) is 2.45. The summed E-state index contributed by atoms with van der Waals surface area (Å²) in [6.07, 6.45) is 0. The van der Waals surface area contributed by atoms with Gasteiger partial charge in [-0.15, -0.1) is 0 Å². The number of aromatic nitrogens is 1. The summed E-state index contributed by atoms with van der Waals surface area (Å²) in [5.74, 6) is 0. The molecule has 13 rings (SSSR count). The normalized spacial score (nSPS) is 12.8. The molecule has 312 valence electrons. The summed E-state index contributed by atoms with van der Waals surface area (Å²) in [6.45, 7) is 4.74. The maximum atomic E-state index is 6.85. The third kappa shape index (κ3) is 5.76. The fourth-order valence-electron chi connectivity index (χ4n) is 11.0. The van der Waals surface area contributed by atoms with E-state index in [1.807, 2.05) is 0 Å². The molecule has 3 nitrogen and oxygen atoms in total. The molecule has 0 amide bonds. The number of furan rings is 1. The standard InChI is InChI=1S/C63H44N2O/c1-63(2)55-29-11-9-21-50(55)51-26-16-32-58(60(51)63)64(45-37-33-42(34-38-45)47-23-15-31-57-59(47)54-22-10-12-30-56(54)65(57)44-19-7-4-8-20-44)46-39-35-43(36-40-46)49-25-14-28-53-52-27-13-24-48(61(52)66-62(49)53)41-17-5-3-6-18-41/h3-40H,1-2H3. The lowest BCUT2D eigenvalue weighted by atomic mass is 9.81. The van der Waals surface area contributed by atoms with Crippen LogP contribution in [0, 0.1) is 0 Å². The number of nitrogens with zero attached hydrogens (tertiary/aromatic N) is 2. The van der Waals surface area contributed by atoms with E-state index in [1.54, 1.807) is 0 Å². The molecule has 12 aromatic rings. The lowest BCUT2D eigenvalue weighted by Gasteiger charge is -2.32. The molecule has 0 N–H and O–H groups in total. The van der Waals surface area contributed by atoms with Crippen molar-refractivity contribution in [2.75, 3.05) is 4.90 Å². The van der Waals surface area contributed by atoms with Crippen molar-refractivity contribution in [2.45, 2.75) is 19.3 Å². The van der Waals surface area contributed by atoms with Crippen LogP contribution in [-0.4, -0.2) is 4.57 Å². The Labute approximate surface area is 384 Å². The minimum atomic E-state index is -0.210. The van der Waals surface area contributed by atoms with E-state index in [2.05, 4.69) is 254 Å². The van der Waals surface area contributed by atoms with Crippen LogP contribution in [0.4, 0.5) is 17.1 Å². The van der Waals surface area contributed by atoms with Gasteiger partial charge in [-0.25, -0.2) is 0 Å².